The van der Waals surface area contributed by atoms with Crippen molar-refractivity contribution in [3.05, 3.63) is 82.3 Å². The molecule has 3 rings (SSSR count). The Bertz CT molecular complexity index is 1140. The SMILES string of the molecule is CCNSNc1nccc(Cc2cc(C(N)=O)c(Nc3ccc(C)cc3F)cc2F)c1F. The largest absolute Gasteiger partial charge is 0.366 e. The smallest absolute Gasteiger partial charge is 0.250 e. The van der Waals surface area contributed by atoms with Gasteiger partial charge in [-0.3, -0.25) is 9.52 Å². The van der Waals surface area contributed by atoms with Gasteiger partial charge in [-0.05, 0) is 53.9 Å². The minimum Gasteiger partial charge on any atom is -0.366 e. The molecular weight excluding hydrogens is 439 g/mol. The van der Waals surface area contributed by atoms with E-state index in [1.165, 1.54) is 30.5 Å². The van der Waals surface area contributed by atoms with Crippen molar-refractivity contribution in [1.29, 1.82) is 0 Å². The van der Waals surface area contributed by atoms with Crippen LogP contribution in [-0.2, 0) is 6.42 Å². The third-order valence-electron chi connectivity index (χ3n) is 4.56. The van der Waals surface area contributed by atoms with Gasteiger partial charge in [-0.25, -0.2) is 22.9 Å². The van der Waals surface area contributed by atoms with E-state index in [0.29, 0.717) is 12.1 Å². The number of nitrogens with one attached hydrogen (secondary N) is 3. The van der Waals surface area contributed by atoms with Gasteiger partial charge in [0, 0.05) is 31.3 Å². The summed E-state index contributed by atoms with van der Waals surface area (Å²) in [6, 6.07) is 8.18. The summed E-state index contributed by atoms with van der Waals surface area (Å²) in [6.45, 7) is 4.28. The van der Waals surface area contributed by atoms with Crippen molar-refractivity contribution in [1.82, 2.24) is 9.71 Å². The summed E-state index contributed by atoms with van der Waals surface area (Å²) < 4.78 is 49.5. The summed E-state index contributed by atoms with van der Waals surface area (Å²) in [5.41, 5.74) is 6.45. The first-order valence-corrected chi connectivity index (χ1v) is 10.5. The number of carbonyl (C=O) groups excluding carboxylic acids is 1. The Balaban J connectivity index is 1.91. The van der Waals surface area contributed by atoms with Gasteiger partial charge < -0.3 is 11.1 Å². The van der Waals surface area contributed by atoms with E-state index in [1.54, 1.807) is 13.0 Å². The number of halogens is 3. The number of aromatic nitrogens is 1. The zero-order chi connectivity index (χ0) is 23.3. The van der Waals surface area contributed by atoms with Gasteiger partial charge in [-0.1, -0.05) is 13.0 Å². The minimum atomic E-state index is -0.833. The Kier molecular flexibility index (Phi) is 7.60. The van der Waals surface area contributed by atoms with Gasteiger partial charge in [-0.2, -0.15) is 0 Å². The van der Waals surface area contributed by atoms with Crippen molar-refractivity contribution in [2.45, 2.75) is 20.3 Å². The summed E-state index contributed by atoms with van der Waals surface area (Å²) in [5, 5.41) is 2.71. The van der Waals surface area contributed by atoms with Crippen LogP contribution in [0.4, 0.5) is 30.4 Å². The van der Waals surface area contributed by atoms with E-state index < -0.39 is 23.4 Å². The average molecular weight is 462 g/mol. The van der Waals surface area contributed by atoms with Crippen molar-refractivity contribution in [2.24, 2.45) is 5.73 Å². The normalized spacial score (nSPS) is 10.8. The molecule has 0 fully saturated rings. The van der Waals surface area contributed by atoms with E-state index >= 15 is 0 Å². The van der Waals surface area contributed by atoms with Crippen LogP contribution in [0.3, 0.4) is 0 Å². The zero-order valence-corrected chi connectivity index (χ0v) is 18.2. The molecule has 0 aliphatic heterocycles. The maximum atomic E-state index is 14.9. The zero-order valence-electron chi connectivity index (χ0n) is 17.4. The third kappa shape index (κ3) is 5.51. The Labute approximate surface area is 188 Å². The quantitative estimate of drug-likeness (QED) is 0.270. The molecule has 2 aromatic carbocycles. The fraction of sp³-hybridized carbons (Fsp3) is 0.182. The lowest BCUT2D eigenvalue weighted by molar-refractivity contribution is 0.100. The number of carbonyl (C=O) groups is 1. The molecule has 0 unspecified atom stereocenters. The van der Waals surface area contributed by atoms with Crippen molar-refractivity contribution >= 4 is 35.2 Å². The van der Waals surface area contributed by atoms with Crippen LogP contribution in [0.1, 0.15) is 34.0 Å². The number of hydrogen-bond acceptors (Lipinski definition) is 6. The van der Waals surface area contributed by atoms with Gasteiger partial charge in [0.05, 0.1) is 16.9 Å². The lowest BCUT2D eigenvalue weighted by atomic mass is 10.0. The molecule has 6 nitrogen and oxygen atoms in total. The first-order chi connectivity index (χ1) is 15.3. The van der Waals surface area contributed by atoms with Crippen molar-refractivity contribution in [3.63, 3.8) is 0 Å². The summed E-state index contributed by atoms with van der Waals surface area (Å²) >= 11 is 1.07. The highest BCUT2D eigenvalue weighted by molar-refractivity contribution is 7.98. The van der Waals surface area contributed by atoms with Gasteiger partial charge >= 0.3 is 0 Å². The highest BCUT2D eigenvalue weighted by Crippen LogP contribution is 2.28. The van der Waals surface area contributed by atoms with Crippen LogP contribution in [0, 0.1) is 24.4 Å². The summed E-state index contributed by atoms with van der Waals surface area (Å²) in [5.74, 6) is -2.73. The highest BCUT2D eigenvalue weighted by atomic mass is 32.2. The Morgan fingerprint density at radius 3 is 2.53 bits per heavy atom. The molecule has 1 amide bonds. The molecule has 0 bridgehead atoms. The maximum Gasteiger partial charge on any atom is 0.250 e. The second-order valence-electron chi connectivity index (χ2n) is 6.97. The molecule has 0 radical (unpaired) electrons. The Morgan fingerprint density at radius 1 is 1.06 bits per heavy atom. The number of pyridine rings is 1. The number of benzene rings is 2. The molecule has 1 aromatic heterocycles. The van der Waals surface area contributed by atoms with Crippen LogP contribution < -0.4 is 20.5 Å². The molecule has 3 aromatic rings. The molecule has 10 heteroatoms. The first-order valence-electron chi connectivity index (χ1n) is 9.73. The molecule has 0 spiro atoms. The molecule has 0 aliphatic rings. The lowest BCUT2D eigenvalue weighted by Crippen LogP contribution is -2.15. The number of nitrogens with two attached hydrogens (primary N) is 1. The van der Waals surface area contributed by atoms with Gasteiger partial charge in [0.25, 0.3) is 5.91 Å². The summed E-state index contributed by atoms with van der Waals surface area (Å²) in [7, 11) is 0. The molecule has 168 valence electrons. The summed E-state index contributed by atoms with van der Waals surface area (Å²) in [6.07, 6.45) is 1.26. The molecule has 0 aliphatic carbocycles. The number of aryl methyl sites for hydroxylation is 1. The van der Waals surface area contributed by atoms with Crippen LogP contribution in [0.25, 0.3) is 0 Å². The van der Waals surface area contributed by atoms with E-state index in [4.69, 9.17) is 5.73 Å². The van der Waals surface area contributed by atoms with Crippen LogP contribution in [0.2, 0.25) is 0 Å². The third-order valence-corrected chi connectivity index (χ3v) is 5.29. The molecule has 5 N–H and O–H groups in total. The molecule has 32 heavy (non-hydrogen) atoms. The first kappa shape index (κ1) is 23.4. The number of nitrogens with zero attached hydrogens (tertiary/aromatic N) is 1. The van der Waals surface area contributed by atoms with E-state index in [9.17, 15) is 18.0 Å². The molecule has 0 atom stereocenters. The van der Waals surface area contributed by atoms with Crippen molar-refractivity contribution in [3.8, 4) is 0 Å². The molecule has 0 saturated heterocycles. The number of rotatable bonds is 9. The molecule has 0 saturated carbocycles. The van der Waals surface area contributed by atoms with E-state index in [0.717, 1.165) is 18.2 Å². The second-order valence-corrected chi connectivity index (χ2v) is 7.67. The summed E-state index contributed by atoms with van der Waals surface area (Å²) in [4.78, 5) is 15.9. The van der Waals surface area contributed by atoms with Gasteiger partial charge in [0.1, 0.15) is 11.6 Å². The van der Waals surface area contributed by atoms with E-state index in [-0.39, 0.29) is 40.3 Å². The minimum absolute atomic E-state index is 0.00267. The number of primary amides is 1. The maximum absolute atomic E-state index is 14.9. The van der Waals surface area contributed by atoms with Crippen LogP contribution in [0.15, 0.2) is 42.6 Å². The van der Waals surface area contributed by atoms with Crippen molar-refractivity contribution in [2.75, 3.05) is 16.6 Å². The predicted octanol–water partition coefficient (Wildman–Crippen LogP) is 4.83. The standard InChI is InChI=1S/C22H22F3N5OS/c1-3-28-32-30-22-20(25)13(6-7-27-22)9-14-10-15(21(26)31)19(11-16(14)23)29-18-5-4-12(2)8-17(18)24/h4-8,10-11,28-29H,3,9H2,1-2H3,(H2,26,31)(H,27,30). The van der Waals surface area contributed by atoms with Gasteiger partial charge in [-0.15, -0.1) is 0 Å². The van der Waals surface area contributed by atoms with Crippen molar-refractivity contribution < 1.29 is 18.0 Å². The number of hydrogen-bond donors (Lipinski definition) is 4. The predicted molar refractivity (Wildman–Crippen MR) is 121 cm³/mol. The average Bonchev–Trinajstić information content (AvgIpc) is 2.74. The lowest BCUT2D eigenvalue weighted by Gasteiger charge is -2.15. The fourth-order valence-corrected chi connectivity index (χ4v) is 3.44. The number of amides is 1. The van der Waals surface area contributed by atoms with Crippen LogP contribution >= 0.6 is 12.1 Å². The molecule has 1 heterocycles. The fourth-order valence-electron chi connectivity index (χ4n) is 2.98. The van der Waals surface area contributed by atoms with Crippen LogP contribution in [-0.4, -0.2) is 17.4 Å². The Morgan fingerprint density at radius 2 is 1.84 bits per heavy atom. The Hall–Kier alpha value is -3.24. The van der Waals surface area contributed by atoms with E-state index in [2.05, 4.69) is 19.7 Å². The topological polar surface area (TPSA) is 92.1 Å². The molecular formula is C22H22F3N5OS. The second kappa shape index (κ2) is 10.4. The van der Waals surface area contributed by atoms with Gasteiger partial charge in [0.15, 0.2) is 11.6 Å². The highest BCUT2D eigenvalue weighted by Gasteiger charge is 2.18. The van der Waals surface area contributed by atoms with Gasteiger partial charge in [0.2, 0.25) is 0 Å². The number of anilines is 3. The van der Waals surface area contributed by atoms with Crippen LogP contribution in [0.5, 0.6) is 0 Å². The monoisotopic (exact) mass is 461 g/mol. The van der Waals surface area contributed by atoms with E-state index in [1.807, 2.05) is 6.92 Å².